The molecule has 2 aromatic heterocycles. The first-order valence-electron chi connectivity index (χ1n) is 8.75. The van der Waals surface area contributed by atoms with Crippen molar-refractivity contribution in [2.75, 3.05) is 5.32 Å². The number of amides is 2. The summed E-state index contributed by atoms with van der Waals surface area (Å²) in [4.78, 5) is 23.7. The lowest BCUT2D eigenvalue weighted by molar-refractivity contribution is -0.126. The second kappa shape index (κ2) is 6.95. The van der Waals surface area contributed by atoms with Gasteiger partial charge in [-0.1, -0.05) is 12.1 Å². The third-order valence-corrected chi connectivity index (χ3v) is 5.16. The number of primary amides is 2. The molecule has 146 valence electrons. The first-order valence-corrected chi connectivity index (χ1v) is 8.75. The van der Waals surface area contributed by atoms with E-state index in [-0.39, 0.29) is 11.4 Å². The van der Waals surface area contributed by atoms with Crippen LogP contribution in [0.1, 0.15) is 31.1 Å². The van der Waals surface area contributed by atoms with Crippen LogP contribution < -0.4 is 16.8 Å². The normalized spacial score (nSPS) is 12.7. The highest BCUT2D eigenvalue weighted by atomic mass is 19.1. The highest BCUT2D eigenvalue weighted by Gasteiger charge is 2.33. The zero-order valence-corrected chi connectivity index (χ0v) is 15.9. The molecule has 2 heterocycles. The number of nitrogens with two attached hydrogens (primary N) is 2. The minimum atomic E-state index is -0.873. The largest absolute Gasteiger partial charge is 0.379 e. The molecule has 5 N–H and O–H groups in total. The smallest absolute Gasteiger partial charge is 0.252 e. The van der Waals surface area contributed by atoms with Crippen molar-refractivity contribution < 1.29 is 14.0 Å². The summed E-state index contributed by atoms with van der Waals surface area (Å²) in [6.07, 6.45) is 3.14. The molecule has 0 spiro atoms. The minimum absolute atomic E-state index is 0.198. The molecule has 0 saturated heterocycles. The lowest BCUT2D eigenvalue weighted by atomic mass is 9.84. The molecule has 0 fully saturated rings. The lowest BCUT2D eigenvalue weighted by Gasteiger charge is -2.30. The van der Waals surface area contributed by atoms with E-state index in [1.165, 1.54) is 18.3 Å². The average molecular weight is 383 g/mol. The van der Waals surface area contributed by atoms with Crippen molar-refractivity contribution in [1.82, 2.24) is 9.61 Å². The van der Waals surface area contributed by atoms with Gasteiger partial charge in [-0.05, 0) is 44.5 Å². The van der Waals surface area contributed by atoms with Crippen LogP contribution in [0.4, 0.5) is 10.1 Å². The summed E-state index contributed by atoms with van der Waals surface area (Å²) in [5.74, 6) is -1.45. The highest BCUT2D eigenvalue weighted by molar-refractivity contribution is 6.02. The SMILES string of the molecule is C[C@@H](Nc1c(C(N)=O)cnn2cc(-c3ccc(F)cc3)cc12)C(C)(C)C(N)=O. The summed E-state index contributed by atoms with van der Waals surface area (Å²) < 4.78 is 14.8. The van der Waals surface area contributed by atoms with Gasteiger partial charge >= 0.3 is 0 Å². The van der Waals surface area contributed by atoms with E-state index in [4.69, 9.17) is 11.5 Å². The van der Waals surface area contributed by atoms with Crippen molar-refractivity contribution in [1.29, 1.82) is 0 Å². The molecule has 0 aliphatic heterocycles. The van der Waals surface area contributed by atoms with Gasteiger partial charge in [0.2, 0.25) is 5.91 Å². The van der Waals surface area contributed by atoms with Crippen LogP contribution in [0.25, 0.3) is 16.6 Å². The molecule has 1 atom stereocenters. The van der Waals surface area contributed by atoms with Crippen molar-refractivity contribution in [2.45, 2.75) is 26.8 Å². The number of anilines is 1. The number of rotatable bonds is 6. The van der Waals surface area contributed by atoms with Crippen molar-refractivity contribution in [3.8, 4) is 11.1 Å². The molecule has 0 radical (unpaired) electrons. The van der Waals surface area contributed by atoms with Crippen LogP contribution >= 0.6 is 0 Å². The van der Waals surface area contributed by atoms with Crippen molar-refractivity contribution in [3.05, 3.63) is 54.1 Å². The Morgan fingerprint density at radius 3 is 2.39 bits per heavy atom. The maximum Gasteiger partial charge on any atom is 0.252 e. The van der Waals surface area contributed by atoms with Crippen LogP contribution in [-0.2, 0) is 4.79 Å². The Hall–Kier alpha value is -3.42. The third-order valence-electron chi connectivity index (χ3n) is 5.16. The van der Waals surface area contributed by atoms with E-state index in [0.717, 1.165) is 11.1 Å². The summed E-state index contributed by atoms with van der Waals surface area (Å²) in [6.45, 7) is 5.24. The first kappa shape index (κ1) is 19.3. The Morgan fingerprint density at radius 2 is 1.82 bits per heavy atom. The zero-order chi connectivity index (χ0) is 20.6. The number of hydrogen-bond acceptors (Lipinski definition) is 4. The van der Waals surface area contributed by atoms with Crippen LogP contribution in [0.2, 0.25) is 0 Å². The van der Waals surface area contributed by atoms with Gasteiger partial charge in [0.1, 0.15) is 5.82 Å². The Labute approximate surface area is 161 Å². The van der Waals surface area contributed by atoms with Gasteiger partial charge in [0, 0.05) is 17.8 Å². The Balaban J connectivity index is 2.13. The topological polar surface area (TPSA) is 116 Å². The molecule has 8 heteroatoms. The van der Waals surface area contributed by atoms with Crippen molar-refractivity contribution in [2.24, 2.45) is 16.9 Å². The quantitative estimate of drug-likeness (QED) is 0.606. The van der Waals surface area contributed by atoms with Crippen molar-refractivity contribution in [3.63, 3.8) is 0 Å². The van der Waals surface area contributed by atoms with Crippen LogP contribution in [-0.4, -0.2) is 27.5 Å². The lowest BCUT2D eigenvalue weighted by Crippen LogP contribution is -2.44. The van der Waals surface area contributed by atoms with Gasteiger partial charge in [-0.2, -0.15) is 5.10 Å². The number of fused-ring (bicyclic) bond motifs is 1. The van der Waals surface area contributed by atoms with Crippen LogP contribution in [0.5, 0.6) is 0 Å². The number of carbonyl (C=O) groups excluding carboxylic acids is 2. The summed E-state index contributed by atoms with van der Waals surface area (Å²) in [5.41, 5.74) is 13.0. The van der Waals surface area contributed by atoms with E-state index in [1.807, 2.05) is 6.07 Å². The molecule has 28 heavy (non-hydrogen) atoms. The van der Waals surface area contributed by atoms with E-state index in [0.29, 0.717) is 11.2 Å². The van der Waals surface area contributed by atoms with E-state index < -0.39 is 23.3 Å². The Kier molecular flexibility index (Phi) is 4.80. The predicted octanol–water partition coefficient (Wildman–Crippen LogP) is 2.55. The molecule has 0 aliphatic rings. The van der Waals surface area contributed by atoms with E-state index in [2.05, 4.69) is 10.4 Å². The second-order valence-corrected chi connectivity index (χ2v) is 7.31. The van der Waals surface area contributed by atoms with Crippen LogP contribution in [0.3, 0.4) is 0 Å². The molecular weight excluding hydrogens is 361 g/mol. The summed E-state index contributed by atoms with van der Waals surface area (Å²) in [5, 5.41) is 7.45. The second-order valence-electron chi connectivity index (χ2n) is 7.31. The number of hydrogen-bond donors (Lipinski definition) is 3. The van der Waals surface area contributed by atoms with E-state index in [9.17, 15) is 14.0 Å². The standard InChI is InChI=1S/C20H22FN5O2/c1-11(20(2,3)19(23)28)25-17-15(18(22)27)9-24-26-10-13(8-16(17)26)12-4-6-14(21)7-5-12/h4-11,25H,1-3H3,(H2,22,27)(H2,23,28)/t11-/m1/s1. The molecule has 0 bridgehead atoms. The summed E-state index contributed by atoms with van der Waals surface area (Å²) in [6, 6.07) is 7.49. The summed E-state index contributed by atoms with van der Waals surface area (Å²) >= 11 is 0. The fraction of sp³-hybridized carbons (Fsp3) is 0.250. The Morgan fingerprint density at radius 1 is 1.18 bits per heavy atom. The van der Waals surface area contributed by atoms with Crippen molar-refractivity contribution >= 4 is 23.0 Å². The predicted molar refractivity (Wildman–Crippen MR) is 105 cm³/mol. The number of benzene rings is 1. The van der Waals surface area contributed by atoms with Crippen LogP contribution in [0.15, 0.2) is 42.7 Å². The van der Waals surface area contributed by atoms with Gasteiger partial charge in [0.25, 0.3) is 5.91 Å². The first-order chi connectivity index (χ1) is 13.1. The van der Waals surface area contributed by atoms with Crippen LogP contribution in [0, 0.1) is 11.2 Å². The molecule has 3 rings (SSSR count). The van der Waals surface area contributed by atoms with Gasteiger partial charge in [0.05, 0.1) is 28.4 Å². The highest BCUT2D eigenvalue weighted by Crippen LogP contribution is 2.31. The molecular formula is C20H22FN5O2. The third kappa shape index (κ3) is 3.40. The fourth-order valence-corrected chi connectivity index (χ4v) is 2.81. The minimum Gasteiger partial charge on any atom is -0.379 e. The van der Waals surface area contributed by atoms with Gasteiger partial charge < -0.3 is 16.8 Å². The van der Waals surface area contributed by atoms with E-state index in [1.54, 1.807) is 43.6 Å². The number of nitrogens with zero attached hydrogens (tertiary/aromatic N) is 2. The van der Waals surface area contributed by atoms with Gasteiger partial charge in [-0.3, -0.25) is 9.59 Å². The number of halogens is 1. The molecule has 0 saturated carbocycles. The zero-order valence-electron chi connectivity index (χ0n) is 15.9. The van der Waals surface area contributed by atoms with E-state index >= 15 is 0 Å². The van der Waals surface area contributed by atoms with Gasteiger partial charge in [0.15, 0.2) is 0 Å². The average Bonchev–Trinajstić information content (AvgIpc) is 3.06. The molecule has 0 aliphatic carbocycles. The molecule has 7 nitrogen and oxygen atoms in total. The Bertz CT molecular complexity index is 1060. The maximum absolute atomic E-state index is 13.2. The number of carbonyl (C=O) groups is 2. The molecule has 1 aromatic carbocycles. The monoisotopic (exact) mass is 383 g/mol. The molecule has 2 amide bonds. The van der Waals surface area contributed by atoms with Gasteiger partial charge in [-0.15, -0.1) is 0 Å². The summed E-state index contributed by atoms with van der Waals surface area (Å²) in [7, 11) is 0. The number of aromatic nitrogens is 2. The maximum atomic E-state index is 13.2. The fourth-order valence-electron chi connectivity index (χ4n) is 2.81. The molecule has 3 aromatic rings. The number of nitrogens with one attached hydrogen (secondary N) is 1. The molecule has 0 unspecified atom stereocenters. The van der Waals surface area contributed by atoms with Gasteiger partial charge in [-0.25, -0.2) is 8.91 Å².